The minimum Gasteiger partial charge on any atom is -0.462 e. The lowest BCUT2D eigenvalue weighted by Crippen LogP contribution is -2.29. The highest BCUT2D eigenvalue weighted by Crippen LogP contribution is 2.36. The molecular weight excluding hydrogens is 627 g/mol. The normalized spacial score (nSPS) is 12.8. The van der Waals surface area contributed by atoms with Crippen molar-refractivity contribution < 1.29 is 37.9 Å². The van der Waals surface area contributed by atoms with Crippen LogP contribution in [0.2, 0.25) is 0 Å². The van der Waals surface area contributed by atoms with Crippen LogP contribution in [0.1, 0.15) is 181 Å². The van der Waals surface area contributed by atoms with Crippen molar-refractivity contribution in [2.75, 3.05) is 13.2 Å². The molecule has 8 nitrogen and oxygen atoms in total. The number of phosphoric ester groups is 1. The molecule has 0 amide bonds. The predicted octanol–water partition coefficient (Wildman–Crippen LogP) is 11.4. The number of allylic oxidation sites excluding steroid dienone is 6. The number of esters is 2. The van der Waals surface area contributed by atoms with Crippen molar-refractivity contribution in [3.63, 3.8) is 0 Å². The number of hydrogen-bond donors (Lipinski definition) is 2. The minimum absolute atomic E-state index is 0.205. The van der Waals surface area contributed by atoms with Gasteiger partial charge in [-0.05, 0) is 70.6 Å². The molecule has 0 radical (unpaired) electrons. The van der Waals surface area contributed by atoms with Crippen LogP contribution in [0.3, 0.4) is 0 Å². The topological polar surface area (TPSA) is 119 Å². The average molecular weight is 699 g/mol. The van der Waals surface area contributed by atoms with Gasteiger partial charge in [-0.15, -0.1) is 0 Å². The van der Waals surface area contributed by atoms with Crippen LogP contribution in [0.15, 0.2) is 36.5 Å². The van der Waals surface area contributed by atoms with Crippen molar-refractivity contribution >= 4 is 19.8 Å². The van der Waals surface area contributed by atoms with Gasteiger partial charge in [0.05, 0.1) is 6.61 Å². The van der Waals surface area contributed by atoms with Gasteiger partial charge >= 0.3 is 19.8 Å². The molecule has 0 rings (SSSR count). The minimum atomic E-state index is -4.75. The maximum atomic E-state index is 12.4. The van der Waals surface area contributed by atoms with Crippen molar-refractivity contribution in [3.8, 4) is 0 Å². The Labute approximate surface area is 293 Å². The van der Waals surface area contributed by atoms with E-state index in [9.17, 15) is 14.2 Å². The summed E-state index contributed by atoms with van der Waals surface area (Å²) in [6.07, 6.45) is 40.0. The van der Waals surface area contributed by atoms with Gasteiger partial charge in [0.15, 0.2) is 6.10 Å². The lowest BCUT2D eigenvalue weighted by atomic mass is 10.1. The van der Waals surface area contributed by atoms with E-state index in [1.165, 1.54) is 83.5 Å². The van der Waals surface area contributed by atoms with Crippen molar-refractivity contribution in [2.45, 2.75) is 187 Å². The van der Waals surface area contributed by atoms with Gasteiger partial charge in [-0.2, -0.15) is 0 Å². The number of phosphoric acid groups is 1. The summed E-state index contributed by atoms with van der Waals surface area (Å²) in [7, 11) is -4.75. The number of carbonyl (C=O) groups excluding carboxylic acids is 2. The maximum Gasteiger partial charge on any atom is 0.469 e. The molecule has 9 heteroatoms. The molecule has 280 valence electrons. The second-order valence-electron chi connectivity index (χ2n) is 12.9. The Bertz CT molecular complexity index is 879. The van der Waals surface area contributed by atoms with Crippen molar-refractivity contribution in [2.24, 2.45) is 0 Å². The Hall–Kier alpha value is -1.73. The zero-order chi connectivity index (χ0) is 35.4. The molecule has 48 heavy (non-hydrogen) atoms. The molecular formula is C39H71O8P. The van der Waals surface area contributed by atoms with Gasteiger partial charge < -0.3 is 19.3 Å². The molecule has 2 N–H and O–H groups in total. The van der Waals surface area contributed by atoms with E-state index < -0.39 is 32.5 Å². The molecule has 0 fully saturated rings. The fourth-order valence-corrected chi connectivity index (χ4v) is 5.58. The number of hydrogen-bond acceptors (Lipinski definition) is 6. The highest BCUT2D eigenvalue weighted by molar-refractivity contribution is 7.46. The highest BCUT2D eigenvalue weighted by atomic mass is 31.2. The third-order valence-electron chi connectivity index (χ3n) is 8.13. The molecule has 0 spiro atoms. The highest BCUT2D eigenvalue weighted by Gasteiger charge is 2.22. The van der Waals surface area contributed by atoms with Crippen LogP contribution >= 0.6 is 7.82 Å². The number of carbonyl (C=O) groups is 2. The molecule has 0 bridgehead atoms. The van der Waals surface area contributed by atoms with Gasteiger partial charge in [0.1, 0.15) is 6.61 Å². The van der Waals surface area contributed by atoms with Crippen LogP contribution in [-0.2, 0) is 28.2 Å². The van der Waals surface area contributed by atoms with Crippen molar-refractivity contribution in [3.05, 3.63) is 36.5 Å². The number of ether oxygens (including phenoxy) is 2. The Morgan fingerprint density at radius 1 is 0.542 bits per heavy atom. The standard InChI is InChI=1S/C39H71O8P/c1-3-5-7-9-11-13-15-17-19-21-23-25-27-29-31-33-38(40)45-35-37(36-46-48(42,43)44)47-39(41)34-32-30-28-26-24-22-20-18-16-14-12-10-8-6-4-2/h11-14,17,19,37H,3-10,15-16,18,20-36H2,1-2H3,(H2,42,43,44)/b13-11+,14-12+,19-17+/t37-/m1/s1. The van der Waals surface area contributed by atoms with E-state index in [-0.39, 0.29) is 19.4 Å². The summed E-state index contributed by atoms with van der Waals surface area (Å²) < 4.78 is 26.3. The summed E-state index contributed by atoms with van der Waals surface area (Å²) in [6, 6.07) is 0. The molecule has 0 heterocycles. The van der Waals surface area contributed by atoms with Gasteiger partial charge in [-0.3, -0.25) is 14.1 Å². The van der Waals surface area contributed by atoms with E-state index in [2.05, 4.69) is 54.8 Å². The Balaban J connectivity index is 3.98. The summed E-state index contributed by atoms with van der Waals surface area (Å²) in [5, 5.41) is 0. The number of unbranched alkanes of at least 4 members (excludes halogenated alkanes) is 19. The third kappa shape index (κ3) is 37.1. The lowest BCUT2D eigenvalue weighted by molar-refractivity contribution is -0.161. The molecule has 0 aromatic rings. The van der Waals surface area contributed by atoms with Crippen LogP contribution < -0.4 is 0 Å². The molecule has 0 aliphatic carbocycles. The lowest BCUT2D eigenvalue weighted by Gasteiger charge is -2.18. The smallest absolute Gasteiger partial charge is 0.462 e. The summed E-state index contributed by atoms with van der Waals surface area (Å²) >= 11 is 0. The monoisotopic (exact) mass is 698 g/mol. The van der Waals surface area contributed by atoms with E-state index in [1.54, 1.807) is 0 Å². The zero-order valence-electron chi connectivity index (χ0n) is 30.6. The second kappa shape index (κ2) is 35.1. The van der Waals surface area contributed by atoms with Crippen LogP contribution in [0, 0.1) is 0 Å². The van der Waals surface area contributed by atoms with Crippen LogP contribution in [0.25, 0.3) is 0 Å². The van der Waals surface area contributed by atoms with Gasteiger partial charge in [-0.1, -0.05) is 134 Å². The second-order valence-corrected chi connectivity index (χ2v) is 14.1. The van der Waals surface area contributed by atoms with E-state index >= 15 is 0 Å². The maximum absolute atomic E-state index is 12.4. The van der Waals surface area contributed by atoms with E-state index in [4.69, 9.17) is 19.3 Å². The van der Waals surface area contributed by atoms with E-state index in [0.29, 0.717) is 12.8 Å². The van der Waals surface area contributed by atoms with Gasteiger partial charge in [0, 0.05) is 12.8 Å². The van der Waals surface area contributed by atoms with Gasteiger partial charge in [0.2, 0.25) is 0 Å². The Kier molecular flexibility index (Phi) is 33.8. The predicted molar refractivity (Wildman–Crippen MR) is 198 cm³/mol. The fraction of sp³-hybridized carbons (Fsp3) is 0.795. The molecule has 0 saturated carbocycles. The Morgan fingerprint density at radius 2 is 0.938 bits per heavy atom. The summed E-state index contributed by atoms with van der Waals surface area (Å²) in [5.41, 5.74) is 0. The first-order chi connectivity index (χ1) is 23.3. The quantitative estimate of drug-likeness (QED) is 0.0290. The third-order valence-corrected chi connectivity index (χ3v) is 8.62. The SMILES string of the molecule is CCCCC/C=C/C/C=C/CCCCCCCC(=O)OC[C@H](COP(=O)(O)O)OC(=O)CCCCCCCCCC/C=C/CCCCC. The van der Waals surface area contributed by atoms with E-state index in [1.807, 2.05) is 0 Å². The molecule has 0 aromatic carbocycles. The first kappa shape index (κ1) is 46.3. The molecule has 0 aliphatic heterocycles. The summed E-state index contributed by atoms with van der Waals surface area (Å²) in [6.45, 7) is 3.62. The molecule has 1 atom stereocenters. The van der Waals surface area contributed by atoms with Crippen molar-refractivity contribution in [1.82, 2.24) is 0 Å². The van der Waals surface area contributed by atoms with Gasteiger partial charge in [0.25, 0.3) is 0 Å². The summed E-state index contributed by atoms with van der Waals surface area (Å²) in [5.74, 6) is -0.904. The average Bonchev–Trinajstić information content (AvgIpc) is 3.05. The first-order valence-corrected chi connectivity index (χ1v) is 20.8. The Morgan fingerprint density at radius 3 is 1.40 bits per heavy atom. The first-order valence-electron chi connectivity index (χ1n) is 19.3. The fourth-order valence-electron chi connectivity index (χ4n) is 5.22. The van der Waals surface area contributed by atoms with Crippen LogP contribution in [0.5, 0.6) is 0 Å². The van der Waals surface area contributed by atoms with E-state index in [0.717, 1.165) is 57.8 Å². The molecule has 0 aromatic heterocycles. The molecule has 0 aliphatic rings. The molecule has 0 unspecified atom stereocenters. The summed E-state index contributed by atoms with van der Waals surface area (Å²) in [4.78, 5) is 42.7. The van der Waals surface area contributed by atoms with Gasteiger partial charge in [-0.25, -0.2) is 4.57 Å². The van der Waals surface area contributed by atoms with Crippen LogP contribution in [-0.4, -0.2) is 41.0 Å². The zero-order valence-corrected chi connectivity index (χ0v) is 31.5. The number of rotatable bonds is 35. The van der Waals surface area contributed by atoms with Crippen molar-refractivity contribution in [1.29, 1.82) is 0 Å². The van der Waals surface area contributed by atoms with Crippen LogP contribution in [0.4, 0.5) is 0 Å². The molecule has 0 saturated heterocycles. The largest absolute Gasteiger partial charge is 0.469 e.